The number of rotatable bonds is 6. The van der Waals surface area contributed by atoms with Gasteiger partial charge in [0.1, 0.15) is 11.5 Å². The van der Waals surface area contributed by atoms with Crippen LogP contribution in [0.3, 0.4) is 0 Å². The predicted octanol–water partition coefficient (Wildman–Crippen LogP) is 2.93. The number of halogens is 1. The van der Waals surface area contributed by atoms with Gasteiger partial charge < -0.3 is 19.7 Å². The Hall–Kier alpha value is -3.06. The second kappa shape index (κ2) is 7.23. The lowest BCUT2D eigenvalue weighted by atomic mass is 10.2. The Balaban J connectivity index is 1.84. The summed E-state index contributed by atoms with van der Waals surface area (Å²) in [4.78, 5) is 15.1. The number of hydrogen-bond acceptors (Lipinski definition) is 6. The van der Waals surface area contributed by atoms with E-state index in [1.807, 2.05) is 0 Å². The standard InChI is InChI=1S/C17H14ClN3O4/c1-23-14-7-4-11(18)8-13(14)17-20-16(21-25-17)10-2-5-12(6-3-10)24-9-15(19)22/h2-8H,9H2,1H3,(H2,19,22). The minimum Gasteiger partial charge on any atom is -0.496 e. The number of amides is 1. The normalized spacial score (nSPS) is 10.5. The number of benzene rings is 2. The molecule has 3 aromatic rings. The zero-order valence-corrected chi connectivity index (χ0v) is 14.0. The van der Waals surface area contributed by atoms with E-state index in [0.717, 1.165) is 5.56 Å². The van der Waals surface area contributed by atoms with Crippen molar-refractivity contribution in [3.63, 3.8) is 0 Å². The van der Waals surface area contributed by atoms with E-state index in [0.29, 0.717) is 33.8 Å². The number of carbonyl (C=O) groups is 1. The summed E-state index contributed by atoms with van der Waals surface area (Å²) in [5.74, 6) is 1.25. The third-order valence-electron chi connectivity index (χ3n) is 3.31. The summed E-state index contributed by atoms with van der Waals surface area (Å²) >= 11 is 6.02. The average Bonchev–Trinajstić information content (AvgIpc) is 3.10. The van der Waals surface area contributed by atoms with E-state index < -0.39 is 5.91 Å². The van der Waals surface area contributed by atoms with Gasteiger partial charge in [0, 0.05) is 10.6 Å². The number of nitrogens with two attached hydrogens (primary N) is 1. The first-order valence-corrected chi connectivity index (χ1v) is 7.64. The van der Waals surface area contributed by atoms with Gasteiger partial charge in [0.15, 0.2) is 6.61 Å². The molecule has 3 rings (SSSR count). The zero-order chi connectivity index (χ0) is 17.8. The van der Waals surface area contributed by atoms with E-state index in [4.69, 9.17) is 31.3 Å². The molecule has 0 fully saturated rings. The number of aromatic nitrogens is 2. The maximum absolute atomic E-state index is 10.7. The van der Waals surface area contributed by atoms with Crippen LogP contribution in [0, 0.1) is 0 Å². The highest BCUT2D eigenvalue weighted by molar-refractivity contribution is 6.30. The van der Waals surface area contributed by atoms with Crippen LogP contribution in [0.4, 0.5) is 0 Å². The van der Waals surface area contributed by atoms with Crippen LogP contribution in [-0.2, 0) is 4.79 Å². The molecule has 0 aliphatic rings. The van der Waals surface area contributed by atoms with Crippen molar-refractivity contribution in [2.75, 3.05) is 13.7 Å². The molecule has 0 radical (unpaired) electrons. The molecule has 0 bridgehead atoms. The molecule has 8 heteroatoms. The molecule has 0 aliphatic carbocycles. The molecule has 0 spiro atoms. The van der Waals surface area contributed by atoms with Gasteiger partial charge in [0.2, 0.25) is 5.82 Å². The van der Waals surface area contributed by atoms with Crippen LogP contribution < -0.4 is 15.2 Å². The number of primary amides is 1. The number of ether oxygens (including phenoxy) is 2. The summed E-state index contributed by atoms with van der Waals surface area (Å²) in [6.07, 6.45) is 0. The van der Waals surface area contributed by atoms with Crippen molar-refractivity contribution in [1.29, 1.82) is 0 Å². The fourth-order valence-corrected chi connectivity index (χ4v) is 2.32. The summed E-state index contributed by atoms with van der Waals surface area (Å²) < 4.78 is 15.8. The van der Waals surface area contributed by atoms with Crippen molar-refractivity contribution >= 4 is 17.5 Å². The molecule has 2 N–H and O–H groups in total. The highest BCUT2D eigenvalue weighted by Gasteiger charge is 2.15. The summed E-state index contributed by atoms with van der Waals surface area (Å²) in [6.45, 7) is -0.180. The summed E-state index contributed by atoms with van der Waals surface area (Å²) in [7, 11) is 1.55. The Morgan fingerprint density at radius 3 is 2.68 bits per heavy atom. The first kappa shape index (κ1) is 16.8. The van der Waals surface area contributed by atoms with Crippen LogP contribution in [0.5, 0.6) is 11.5 Å². The Labute approximate surface area is 148 Å². The monoisotopic (exact) mass is 359 g/mol. The van der Waals surface area contributed by atoms with Crippen molar-refractivity contribution in [3.8, 4) is 34.3 Å². The van der Waals surface area contributed by atoms with E-state index in [9.17, 15) is 4.79 Å². The first-order chi connectivity index (χ1) is 12.1. The maximum Gasteiger partial charge on any atom is 0.262 e. The maximum atomic E-state index is 10.7. The number of carbonyl (C=O) groups excluding carboxylic acids is 1. The summed E-state index contributed by atoms with van der Waals surface area (Å²) in [5, 5.41) is 4.51. The SMILES string of the molecule is COc1ccc(Cl)cc1-c1nc(-c2ccc(OCC(N)=O)cc2)no1. The van der Waals surface area contributed by atoms with Crippen LogP contribution in [0.25, 0.3) is 22.8 Å². The number of methoxy groups -OCH3 is 1. The molecule has 1 heterocycles. The second-order valence-electron chi connectivity index (χ2n) is 5.05. The van der Waals surface area contributed by atoms with E-state index in [1.165, 1.54) is 0 Å². The lowest BCUT2D eigenvalue weighted by Crippen LogP contribution is -2.19. The molecule has 1 amide bonds. The van der Waals surface area contributed by atoms with Crippen LogP contribution in [0.1, 0.15) is 0 Å². The quantitative estimate of drug-likeness (QED) is 0.726. The van der Waals surface area contributed by atoms with Crippen molar-refractivity contribution in [3.05, 3.63) is 47.5 Å². The number of hydrogen-bond donors (Lipinski definition) is 1. The van der Waals surface area contributed by atoms with E-state index in [-0.39, 0.29) is 6.61 Å². The fraction of sp³-hybridized carbons (Fsp3) is 0.118. The van der Waals surface area contributed by atoms with Crippen LogP contribution in [-0.4, -0.2) is 29.8 Å². The lowest BCUT2D eigenvalue weighted by Gasteiger charge is -2.04. The molecule has 25 heavy (non-hydrogen) atoms. The fourth-order valence-electron chi connectivity index (χ4n) is 2.15. The Morgan fingerprint density at radius 2 is 2.00 bits per heavy atom. The van der Waals surface area contributed by atoms with E-state index >= 15 is 0 Å². The smallest absolute Gasteiger partial charge is 0.262 e. The molecule has 0 atom stereocenters. The second-order valence-corrected chi connectivity index (χ2v) is 5.48. The third-order valence-corrected chi connectivity index (χ3v) is 3.55. The van der Waals surface area contributed by atoms with Gasteiger partial charge in [-0.2, -0.15) is 4.98 Å². The number of nitrogens with zero attached hydrogens (tertiary/aromatic N) is 2. The topological polar surface area (TPSA) is 100 Å². The van der Waals surface area contributed by atoms with Crippen molar-refractivity contribution in [1.82, 2.24) is 10.1 Å². The molecule has 0 aliphatic heterocycles. The molecular weight excluding hydrogens is 346 g/mol. The molecule has 0 unspecified atom stereocenters. The summed E-state index contributed by atoms with van der Waals surface area (Å²) in [6, 6.07) is 12.0. The van der Waals surface area contributed by atoms with Gasteiger partial charge in [0.05, 0.1) is 12.7 Å². The molecule has 0 saturated carbocycles. The molecular formula is C17H14ClN3O4. The van der Waals surface area contributed by atoms with Crippen molar-refractivity contribution in [2.24, 2.45) is 5.73 Å². The Kier molecular flexibility index (Phi) is 4.85. The molecule has 128 valence electrons. The van der Waals surface area contributed by atoms with Gasteiger partial charge in [-0.1, -0.05) is 16.8 Å². The van der Waals surface area contributed by atoms with E-state index in [2.05, 4.69) is 10.1 Å². The van der Waals surface area contributed by atoms with Gasteiger partial charge in [-0.05, 0) is 42.5 Å². The minimum absolute atomic E-state index is 0.180. The van der Waals surface area contributed by atoms with Crippen molar-refractivity contribution in [2.45, 2.75) is 0 Å². The Bertz CT molecular complexity index is 893. The van der Waals surface area contributed by atoms with Crippen molar-refractivity contribution < 1.29 is 18.8 Å². The first-order valence-electron chi connectivity index (χ1n) is 7.26. The Morgan fingerprint density at radius 1 is 1.24 bits per heavy atom. The van der Waals surface area contributed by atoms with Gasteiger partial charge >= 0.3 is 0 Å². The molecule has 0 saturated heterocycles. The van der Waals surface area contributed by atoms with Gasteiger partial charge in [-0.3, -0.25) is 4.79 Å². The largest absolute Gasteiger partial charge is 0.496 e. The van der Waals surface area contributed by atoms with Crippen LogP contribution in [0.2, 0.25) is 5.02 Å². The predicted molar refractivity (Wildman–Crippen MR) is 91.4 cm³/mol. The van der Waals surface area contributed by atoms with E-state index in [1.54, 1.807) is 49.6 Å². The van der Waals surface area contributed by atoms with Gasteiger partial charge in [-0.25, -0.2) is 0 Å². The van der Waals surface area contributed by atoms with Crippen LogP contribution in [0.15, 0.2) is 47.0 Å². The molecule has 2 aromatic carbocycles. The lowest BCUT2D eigenvalue weighted by molar-refractivity contribution is -0.119. The highest BCUT2D eigenvalue weighted by Crippen LogP contribution is 2.32. The zero-order valence-electron chi connectivity index (χ0n) is 13.2. The highest BCUT2D eigenvalue weighted by atomic mass is 35.5. The van der Waals surface area contributed by atoms with Crippen LogP contribution >= 0.6 is 11.6 Å². The summed E-state index contributed by atoms with van der Waals surface area (Å²) in [5.41, 5.74) is 6.37. The average molecular weight is 360 g/mol. The van der Waals surface area contributed by atoms with Gasteiger partial charge in [-0.15, -0.1) is 0 Å². The third kappa shape index (κ3) is 3.89. The molecule has 7 nitrogen and oxygen atoms in total. The minimum atomic E-state index is -0.539. The molecule has 1 aromatic heterocycles. The van der Waals surface area contributed by atoms with Gasteiger partial charge in [0.25, 0.3) is 11.8 Å².